The maximum Gasteiger partial charge on any atom is 0.414 e. The molecule has 0 bridgehead atoms. The highest BCUT2D eigenvalue weighted by atomic mass is 35.5. The summed E-state index contributed by atoms with van der Waals surface area (Å²) in [4.78, 5) is 28.3. The number of rotatable bonds is 7. The molecule has 1 aromatic heterocycles. The van der Waals surface area contributed by atoms with Gasteiger partial charge in [0.25, 0.3) is 0 Å². The van der Waals surface area contributed by atoms with Crippen molar-refractivity contribution in [3.05, 3.63) is 68.3 Å². The molecule has 12 heteroatoms. The number of fused-ring (bicyclic) bond motifs is 1. The highest BCUT2D eigenvalue weighted by molar-refractivity contribution is 7.92. The molecule has 1 aliphatic rings. The van der Waals surface area contributed by atoms with Crippen molar-refractivity contribution in [2.24, 2.45) is 0 Å². The fourth-order valence-electron chi connectivity index (χ4n) is 3.87. The summed E-state index contributed by atoms with van der Waals surface area (Å²) in [5.74, 6) is -1.13. The topological polar surface area (TPSA) is 109 Å². The van der Waals surface area contributed by atoms with E-state index in [-0.39, 0.29) is 34.0 Å². The molecule has 36 heavy (non-hydrogen) atoms. The maximum absolute atomic E-state index is 15.0. The summed E-state index contributed by atoms with van der Waals surface area (Å²) in [7, 11) is -0.646. The van der Waals surface area contributed by atoms with Gasteiger partial charge in [-0.15, -0.1) is 0 Å². The summed E-state index contributed by atoms with van der Waals surface area (Å²) in [6, 6.07) is 7.20. The molecule has 9 nitrogen and oxygen atoms in total. The number of hydrogen-bond acceptors (Lipinski definition) is 7. The van der Waals surface area contributed by atoms with Crippen LogP contribution in [0.5, 0.6) is 5.75 Å². The van der Waals surface area contributed by atoms with E-state index in [1.807, 2.05) is 0 Å². The predicted molar refractivity (Wildman–Crippen MR) is 135 cm³/mol. The smallest absolute Gasteiger partial charge is 0.414 e. The average molecular weight is 538 g/mol. The van der Waals surface area contributed by atoms with Crippen LogP contribution in [0.1, 0.15) is 23.1 Å². The SMILES string of the molecule is CN(C)C(=O)Oc1cc2oc(=O)c(Cc3cccc(NS(C)(=O)=O)c3Cl)c(CN3CCC3)c2cc1F. The average Bonchev–Trinajstić information content (AvgIpc) is 2.75. The number of hydrogen-bond donors (Lipinski definition) is 1. The van der Waals surface area contributed by atoms with Crippen molar-refractivity contribution in [3.8, 4) is 5.75 Å². The third-order valence-corrected chi connectivity index (χ3v) is 6.84. The first-order valence-corrected chi connectivity index (χ1v) is 13.3. The molecular weight excluding hydrogens is 513 g/mol. The molecular formula is C24H25ClFN3O6S. The molecule has 1 aliphatic heterocycles. The van der Waals surface area contributed by atoms with E-state index in [1.165, 1.54) is 32.3 Å². The lowest BCUT2D eigenvalue weighted by Gasteiger charge is -2.31. The molecule has 0 spiro atoms. The highest BCUT2D eigenvalue weighted by Crippen LogP contribution is 2.33. The van der Waals surface area contributed by atoms with Crippen LogP contribution in [0.2, 0.25) is 5.02 Å². The second kappa shape index (κ2) is 10.1. The molecule has 1 amide bonds. The summed E-state index contributed by atoms with van der Waals surface area (Å²) in [6.45, 7) is 2.04. The normalized spacial score (nSPS) is 13.9. The molecule has 0 saturated carbocycles. The number of likely N-dealkylation sites (tertiary alicyclic amines) is 1. The summed E-state index contributed by atoms with van der Waals surface area (Å²) in [6.07, 6.45) is 1.29. The van der Waals surface area contributed by atoms with Crippen molar-refractivity contribution in [3.63, 3.8) is 0 Å². The number of sulfonamides is 1. The van der Waals surface area contributed by atoms with Crippen molar-refractivity contribution >= 4 is 44.4 Å². The first-order chi connectivity index (χ1) is 16.9. The Morgan fingerprint density at radius 2 is 1.97 bits per heavy atom. The second-order valence-electron chi connectivity index (χ2n) is 8.85. The van der Waals surface area contributed by atoms with Gasteiger partial charge in [0.2, 0.25) is 10.0 Å². The summed E-state index contributed by atoms with van der Waals surface area (Å²) in [5.41, 5.74) is 0.976. The molecule has 1 fully saturated rings. The zero-order chi connectivity index (χ0) is 26.2. The van der Waals surface area contributed by atoms with E-state index < -0.39 is 27.6 Å². The number of amides is 1. The van der Waals surface area contributed by atoms with Crippen LogP contribution in [-0.4, -0.2) is 57.8 Å². The molecule has 2 aromatic carbocycles. The molecule has 0 unspecified atom stereocenters. The van der Waals surface area contributed by atoms with Gasteiger partial charge in [0.05, 0.1) is 17.0 Å². The quantitative estimate of drug-likeness (QED) is 0.456. The van der Waals surface area contributed by atoms with Crippen molar-refractivity contribution < 1.29 is 26.8 Å². The zero-order valence-corrected chi connectivity index (χ0v) is 21.5. The van der Waals surface area contributed by atoms with Gasteiger partial charge >= 0.3 is 11.7 Å². The van der Waals surface area contributed by atoms with Crippen LogP contribution < -0.4 is 15.1 Å². The Hall–Kier alpha value is -3.15. The molecule has 0 aliphatic carbocycles. The van der Waals surface area contributed by atoms with Gasteiger partial charge in [0, 0.05) is 44.1 Å². The first kappa shape index (κ1) is 25.9. The number of nitrogens with zero attached hydrogens (tertiary/aromatic N) is 2. The minimum atomic E-state index is -3.57. The molecule has 4 rings (SSSR count). The number of carbonyl (C=O) groups excluding carboxylic acids is 1. The number of halogens is 2. The number of nitrogens with one attached hydrogen (secondary N) is 1. The second-order valence-corrected chi connectivity index (χ2v) is 11.0. The minimum Gasteiger partial charge on any atom is -0.422 e. The first-order valence-electron chi connectivity index (χ1n) is 11.1. The van der Waals surface area contributed by atoms with Crippen LogP contribution in [0.3, 0.4) is 0 Å². The van der Waals surface area contributed by atoms with E-state index in [1.54, 1.807) is 12.1 Å². The van der Waals surface area contributed by atoms with Gasteiger partial charge in [-0.2, -0.15) is 0 Å². The van der Waals surface area contributed by atoms with Crippen LogP contribution in [0, 0.1) is 5.82 Å². The lowest BCUT2D eigenvalue weighted by atomic mass is 9.96. The van der Waals surface area contributed by atoms with Crippen LogP contribution >= 0.6 is 11.6 Å². The van der Waals surface area contributed by atoms with Crippen LogP contribution in [-0.2, 0) is 23.0 Å². The van der Waals surface area contributed by atoms with E-state index in [9.17, 15) is 22.4 Å². The van der Waals surface area contributed by atoms with Crippen molar-refractivity contribution in [1.82, 2.24) is 9.80 Å². The lowest BCUT2D eigenvalue weighted by Crippen LogP contribution is -2.37. The van der Waals surface area contributed by atoms with Gasteiger partial charge in [-0.1, -0.05) is 23.7 Å². The fourth-order valence-corrected chi connectivity index (χ4v) is 4.74. The Morgan fingerprint density at radius 3 is 2.58 bits per heavy atom. The van der Waals surface area contributed by atoms with Gasteiger partial charge in [-0.3, -0.25) is 9.62 Å². The van der Waals surface area contributed by atoms with Crippen LogP contribution in [0.25, 0.3) is 11.0 Å². The Kier molecular flexibility index (Phi) is 7.26. The van der Waals surface area contributed by atoms with E-state index in [0.29, 0.717) is 23.1 Å². The number of anilines is 1. The summed E-state index contributed by atoms with van der Waals surface area (Å²) < 4.78 is 51.3. The highest BCUT2D eigenvalue weighted by Gasteiger charge is 2.24. The molecule has 2 heterocycles. The Labute approximate surface area is 212 Å². The molecule has 3 aromatic rings. The van der Waals surface area contributed by atoms with E-state index in [4.69, 9.17) is 20.8 Å². The third-order valence-electron chi connectivity index (χ3n) is 5.81. The van der Waals surface area contributed by atoms with Crippen LogP contribution in [0.4, 0.5) is 14.9 Å². The molecule has 1 N–H and O–H groups in total. The molecule has 0 atom stereocenters. The number of carbonyl (C=O) groups is 1. The van der Waals surface area contributed by atoms with Gasteiger partial charge in [-0.05, 0) is 42.8 Å². The summed E-state index contributed by atoms with van der Waals surface area (Å²) in [5, 5.41) is 0.523. The Bertz CT molecular complexity index is 1500. The standard InChI is InChI=1S/C24H25ClFN3O6S/c1-28(2)24(31)35-21-12-20-15(11-18(21)26)17(13-29-8-5-9-29)16(23(30)34-20)10-14-6-4-7-19(22(14)25)27-36(3,32)33/h4,6-7,11-12,27H,5,8-10,13H2,1-3H3. The van der Waals surface area contributed by atoms with Crippen molar-refractivity contribution in [2.45, 2.75) is 19.4 Å². The van der Waals surface area contributed by atoms with Crippen molar-refractivity contribution in [1.29, 1.82) is 0 Å². The van der Waals surface area contributed by atoms with E-state index in [2.05, 4.69) is 9.62 Å². The zero-order valence-electron chi connectivity index (χ0n) is 19.9. The maximum atomic E-state index is 15.0. The van der Waals surface area contributed by atoms with Gasteiger partial charge in [-0.25, -0.2) is 22.4 Å². The molecule has 1 saturated heterocycles. The summed E-state index contributed by atoms with van der Waals surface area (Å²) >= 11 is 6.47. The lowest BCUT2D eigenvalue weighted by molar-refractivity contribution is 0.170. The van der Waals surface area contributed by atoms with Crippen LogP contribution in [0.15, 0.2) is 39.5 Å². The Morgan fingerprint density at radius 1 is 1.25 bits per heavy atom. The number of ether oxygens (including phenoxy) is 1. The molecule has 192 valence electrons. The predicted octanol–water partition coefficient (Wildman–Crippen LogP) is 3.81. The van der Waals surface area contributed by atoms with Gasteiger partial charge in [0.15, 0.2) is 11.6 Å². The van der Waals surface area contributed by atoms with Crippen molar-refractivity contribution in [2.75, 3.05) is 38.2 Å². The minimum absolute atomic E-state index is 0.0402. The van der Waals surface area contributed by atoms with Gasteiger partial charge in [0.1, 0.15) is 5.58 Å². The van der Waals surface area contributed by atoms with Gasteiger partial charge < -0.3 is 14.1 Å². The third kappa shape index (κ3) is 5.63. The monoisotopic (exact) mass is 537 g/mol. The largest absolute Gasteiger partial charge is 0.422 e. The number of benzene rings is 2. The van der Waals surface area contributed by atoms with E-state index >= 15 is 0 Å². The Balaban J connectivity index is 1.82. The fraction of sp³-hybridized carbons (Fsp3) is 0.333. The van der Waals surface area contributed by atoms with E-state index in [0.717, 1.165) is 30.7 Å². The molecule has 0 radical (unpaired) electrons.